The van der Waals surface area contributed by atoms with E-state index in [9.17, 15) is 4.39 Å². The molecule has 1 heterocycles. The van der Waals surface area contributed by atoms with E-state index in [1.54, 1.807) is 17.7 Å². The summed E-state index contributed by atoms with van der Waals surface area (Å²) in [5, 5.41) is 0. The first-order chi connectivity index (χ1) is 14.0. The first-order valence-corrected chi connectivity index (χ1v) is 11.3. The van der Waals surface area contributed by atoms with Crippen molar-refractivity contribution >= 4 is 0 Å². The minimum absolute atomic E-state index is 0.164. The van der Waals surface area contributed by atoms with Gasteiger partial charge in [0.05, 0.1) is 0 Å². The summed E-state index contributed by atoms with van der Waals surface area (Å²) in [4.78, 5) is 2.62. The van der Waals surface area contributed by atoms with Crippen molar-refractivity contribution in [1.82, 2.24) is 4.90 Å². The molecule has 1 fully saturated rings. The van der Waals surface area contributed by atoms with Crippen LogP contribution in [0.1, 0.15) is 63.1 Å². The summed E-state index contributed by atoms with van der Waals surface area (Å²) in [5.41, 5.74) is 8.90. The highest BCUT2D eigenvalue weighted by Crippen LogP contribution is 2.45. The van der Waals surface area contributed by atoms with Crippen LogP contribution in [0.5, 0.6) is 0 Å². The summed E-state index contributed by atoms with van der Waals surface area (Å²) in [6.45, 7) is 10.3. The van der Waals surface area contributed by atoms with Crippen LogP contribution in [0.25, 0.3) is 11.1 Å². The van der Waals surface area contributed by atoms with E-state index in [4.69, 9.17) is 0 Å². The molecule has 0 amide bonds. The molecule has 1 aliphatic carbocycles. The minimum Gasteiger partial charge on any atom is -0.298 e. The number of hydrogen-bond acceptors (Lipinski definition) is 1. The van der Waals surface area contributed by atoms with Crippen LogP contribution in [0.3, 0.4) is 0 Å². The summed E-state index contributed by atoms with van der Waals surface area (Å²) in [6, 6.07) is 11.9. The van der Waals surface area contributed by atoms with E-state index in [0.29, 0.717) is 5.41 Å². The highest BCUT2D eigenvalue weighted by Gasteiger charge is 2.44. The van der Waals surface area contributed by atoms with Gasteiger partial charge in [0.1, 0.15) is 5.82 Å². The SMILES string of the molecule is CCCc1cc(CN2CC3(CC=C(C)C3)C2)cc(CCC)c1-c1ccc(F)cc1. The van der Waals surface area contributed by atoms with Gasteiger partial charge in [-0.3, -0.25) is 4.90 Å². The second kappa shape index (κ2) is 8.44. The number of hydrogen-bond donors (Lipinski definition) is 0. The van der Waals surface area contributed by atoms with Crippen molar-refractivity contribution < 1.29 is 4.39 Å². The largest absolute Gasteiger partial charge is 0.298 e. The number of benzene rings is 2. The predicted molar refractivity (Wildman–Crippen MR) is 121 cm³/mol. The Morgan fingerprint density at radius 2 is 1.59 bits per heavy atom. The Morgan fingerprint density at radius 3 is 2.10 bits per heavy atom. The summed E-state index contributed by atoms with van der Waals surface area (Å²) in [5.74, 6) is -0.164. The molecule has 1 aliphatic heterocycles. The lowest BCUT2D eigenvalue weighted by Crippen LogP contribution is -2.54. The molecule has 2 heteroatoms. The van der Waals surface area contributed by atoms with E-state index < -0.39 is 0 Å². The second-order valence-corrected chi connectivity index (χ2v) is 9.37. The lowest BCUT2D eigenvalue weighted by atomic mass is 9.76. The fraction of sp³-hybridized carbons (Fsp3) is 0.481. The van der Waals surface area contributed by atoms with E-state index in [0.717, 1.165) is 37.8 Å². The second-order valence-electron chi connectivity index (χ2n) is 9.37. The number of nitrogens with zero attached hydrogens (tertiary/aromatic N) is 1. The molecule has 1 nitrogen and oxygen atoms in total. The third kappa shape index (κ3) is 4.33. The molecule has 0 unspecified atom stereocenters. The molecular formula is C27H34FN. The maximum Gasteiger partial charge on any atom is 0.123 e. The predicted octanol–water partition coefficient (Wildman–Crippen LogP) is 6.94. The molecule has 29 heavy (non-hydrogen) atoms. The van der Waals surface area contributed by atoms with Gasteiger partial charge in [0.15, 0.2) is 0 Å². The Kier molecular flexibility index (Phi) is 5.92. The van der Waals surface area contributed by atoms with Crippen molar-refractivity contribution in [3.63, 3.8) is 0 Å². The van der Waals surface area contributed by atoms with Crippen LogP contribution in [-0.2, 0) is 19.4 Å². The van der Waals surface area contributed by atoms with Crippen LogP contribution >= 0.6 is 0 Å². The summed E-state index contributed by atoms with van der Waals surface area (Å²) < 4.78 is 13.5. The number of likely N-dealkylation sites (tertiary alicyclic amines) is 1. The topological polar surface area (TPSA) is 3.24 Å². The third-order valence-corrected chi connectivity index (χ3v) is 6.59. The number of rotatable bonds is 7. The zero-order chi connectivity index (χ0) is 20.4. The van der Waals surface area contributed by atoms with Crippen molar-refractivity contribution in [2.75, 3.05) is 13.1 Å². The van der Waals surface area contributed by atoms with Gasteiger partial charge in [-0.2, -0.15) is 0 Å². The van der Waals surface area contributed by atoms with Gasteiger partial charge in [-0.05, 0) is 72.6 Å². The maximum atomic E-state index is 13.5. The highest BCUT2D eigenvalue weighted by atomic mass is 19.1. The monoisotopic (exact) mass is 391 g/mol. The van der Waals surface area contributed by atoms with Crippen LogP contribution < -0.4 is 0 Å². The lowest BCUT2D eigenvalue weighted by Gasteiger charge is -2.48. The van der Waals surface area contributed by atoms with Crippen LogP contribution in [0, 0.1) is 11.2 Å². The minimum atomic E-state index is -0.164. The Labute approximate surface area is 175 Å². The molecule has 0 atom stereocenters. The van der Waals surface area contributed by atoms with Crippen molar-refractivity contribution in [3.8, 4) is 11.1 Å². The molecule has 0 bridgehead atoms. The van der Waals surface area contributed by atoms with Crippen LogP contribution in [0.4, 0.5) is 4.39 Å². The van der Waals surface area contributed by atoms with Crippen molar-refractivity contribution in [2.45, 2.75) is 65.8 Å². The molecule has 1 saturated heterocycles. The highest BCUT2D eigenvalue weighted by molar-refractivity contribution is 5.72. The number of allylic oxidation sites excluding steroid dienone is 2. The first kappa shape index (κ1) is 20.3. The molecule has 2 aliphatic rings. The normalized spacial score (nSPS) is 18.1. The Balaban J connectivity index is 1.59. The zero-order valence-electron chi connectivity index (χ0n) is 18.2. The van der Waals surface area contributed by atoms with Crippen LogP contribution in [0.15, 0.2) is 48.0 Å². The van der Waals surface area contributed by atoms with Gasteiger partial charge in [0.2, 0.25) is 0 Å². The van der Waals surface area contributed by atoms with Crippen LogP contribution in [-0.4, -0.2) is 18.0 Å². The fourth-order valence-corrected chi connectivity index (χ4v) is 5.49. The third-order valence-electron chi connectivity index (χ3n) is 6.59. The quantitative estimate of drug-likeness (QED) is 0.462. The van der Waals surface area contributed by atoms with E-state index in [1.165, 1.54) is 48.2 Å². The summed E-state index contributed by atoms with van der Waals surface area (Å²) >= 11 is 0. The van der Waals surface area contributed by atoms with E-state index in [-0.39, 0.29) is 5.82 Å². The van der Waals surface area contributed by atoms with Gasteiger partial charge in [0, 0.05) is 25.0 Å². The number of aryl methyl sites for hydroxylation is 2. The molecule has 0 saturated carbocycles. The fourth-order valence-electron chi connectivity index (χ4n) is 5.49. The van der Waals surface area contributed by atoms with Gasteiger partial charge in [-0.15, -0.1) is 0 Å². The van der Waals surface area contributed by atoms with Gasteiger partial charge in [-0.25, -0.2) is 4.39 Å². The van der Waals surface area contributed by atoms with Crippen molar-refractivity contribution in [2.24, 2.45) is 5.41 Å². The van der Waals surface area contributed by atoms with Crippen molar-refractivity contribution in [1.29, 1.82) is 0 Å². The average Bonchev–Trinajstić information content (AvgIpc) is 3.05. The number of halogens is 1. The van der Waals surface area contributed by atoms with Gasteiger partial charge in [0.25, 0.3) is 0 Å². The summed E-state index contributed by atoms with van der Waals surface area (Å²) in [6.07, 6.45) is 9.39. The first-order valence-electron chi connectivity index (χ1n) is 11.3. The average molecular weight is 392 g/mol. The molecule has 0 N–H and O–H groups in total. The molecule has 0 aromatic heterocycles. The van der Waals surface area contributed by atoms with Gasteiger partial charge in [-0.1, -0.05) is 62.6 Å². The van der Waals surface area contributed by atoms with E-state index >= 15 is 0 Å². The molecular weight excluding hydrogens is 357 g/mol. The molecule has 154 valence electrons. The van der Waals surface area contributed by atoms with Crippen LogP contribution in [0.2, 0.25) is 0 Å². The Bertz CT molecular complexity index is 860. The maximum absolute atomic E-state index is 13.5. The molecule has 4 rings (SSSR count). The lowest BCUT2D eigenvalue weighted by molar-refractivity contribution is 0.00317. The molecule has 0 radical (unpaired) electrons. The zero-order valence-corrected chi connectivity index (χ0v) is 18.2. The standard InChI is InChI=1S/C27H34FN/c1-4-6-23-14-21(17-29-18-27(19-29)13-12-20(3)16-27)15-24(7-5-2)26(23)22-8-10-25(28)11-9-22/h8-12,14-15H,4-7,13,16-19H2,1-3H3. The Morgan fingerprint density at radius 1 is 0.966 bits per heavy atom. The Hall–Kier alpha value is -1.93. The van der Waals surface area contributed by atoms with Crippen molar-refractivity contribution in [3.05, 3.63) is 70.6 Å². The molecule has 1 spiro atoms. The summed E-state index contributed by atoms with van der Waals surface area (Å²) in [7, 11) is 0. The van der Waals surface area contributed by atoms with Gasteiger partial charge < -0.3 is 0 Å². The van der Waals surface area contributed by atoms with Gasteiger partial charge >= 0.3 is 0 Å². The molecule has 2 aromatic rings. The molecule has 2 aromatic carbocycles. The smallest absolute Gasteiger partial charge is 0.123 e. The van der Waals surface area contributed by atoms with E-state index in [1.807, 2.05) is 12.1 Å². The van der Waals surface area contributed by atoms with E-state index in [2.05, 4.69) is 43.9 Å².